The first-order valence-corrected chi connectivity index (χ1v) is 6.83. The number of carbonyl (C=O) groups is 1. The van der Waals surface area contributed by atoms with Crippen molar-refractivity contribution in [2.45, 2.75) is 25.7 Å². The minimum atomic E-state index is -2.37. The van der Waals surface area contributed by atoms with Crippen LogP contribution in [0.1, 0.15) is 25.7 Å². The van der Waals surface area contributed by atoms with Crippen LogP contribution in [0.3, 0.4) is 0 Å². The van der Waals surface area contributed by atoms with Crippen LogP contribution >= 0.6 is 0 Å². The number of nitrogens with zero attached hydrogens (tertiary/aromatic N) is 1. The van der Waals surface area contributed by atoms with Gasteiger partial charge >= 0.3 is 6.09 Å². The van der Waals surface area contributed by atoms with E-state index in [1.165, 1.54) is 0 Å². The van der Waals surface area contributed by atoms with Gasteiger partial charge in [-0.15, -0.1) is 0 Å². The summed E-state index contributed by atoms with van der Waals surface area (Å²) < 4.78 is 21.2. The molecular formula is C10H16N2O4S. The second kappa shape index (κ2) is 5.87. The highest BCUT2D eigenvalue weighted by Gasteiger charge is 2.35. The largest absolute Gasteiger partial charge is 0.465 e. The third-order valence-electron chi connectivity index (χ3n) is 3.28. The van der Waals surface area contributed by atoms with Crippen molar-refractivity contribution in [3.05, 3.63) is 0 Å². The van der Waals surface area contributed by atoms with Crippen LogP contribution in [-0.2, 0) is 10.7 Å². The Morgan fingerprint density at radius 1 is 1.47 bits per heavy atom. The molecule has 1 rings (SSSR count). The number of nitriles is 1. The van der Waals surface area contributed by atoms with Crippen molar-refractivity contribution in [1.82, 2.24) is 5.32 Å². The van der Waals surface area contributed by atoms with Crippen molar-refractivity contribution < 1.29 is 18.3 Å². The second-order valence-corrected chi connectivity index (χ2v) is 5.54. The normalized spacial score (nSPS) is 28.6. The molecule has 0 aromatic heterocycles. The van der Waals surface area contributed by atoms with Crippen molar-refractivity contribution in [2.24, 2.45) is 11.3 Å². The summed E-state index contributed by atoms with van der Waals surface area (Å²) in [7, 11) is -2.37. The molecule has 0 atom stereocenters. The van der Waals surface area contributed by atoms with E-state index in [1.54, 1.807) is 0 Å². The summed E-state index contributed by atoms with van der Waals surface area (Å²) >= 11 is 0. The Morgan fingerprint density at radius 2 is 2.06 bits per heavy atom. The molecule has 2 N–H and O–H groups in total. The molecule has 0 aromatic rings. The predicted octanol–water partition coefficient (Wildman–Crippen LogP) is 0.566. The number of carboxylic acid groups (broad SMARTS) is 1. The third-order valence-corrected chi connectivity index (χ3v) is 4.10. The highest BCUT2D eigenvalue weighted by molar-refractivity contribution is 7.72. The summed E-state index contributed by atoms with van der Waals surface area (Å²) in [5.41, 5.74) is -0.663. The molecule has 1 amide bonds. The summed E-state index contributed by atoms with van der Waals surface area (Å²) in [5, 5.41) is 19.9. The molecular weight excluding hydrogens is 244 g/mol. The molecule has 7 heteroatoms. The van der Waals surface area contributed by atoms with Crippen LogP contribution in [-0.4, -0.2) is 31.9 Å². The first-order valence-electron chi connectivity index (χ1n) is 5.47. The summed E-state index contributed by atoms with van der Waals surface area (Å²) in [6.45, 7) is 0.120. The highest BCUT2D eigenvalue weighted by atomic mass is 32.2. The maximum Gasteiger partial charge on any atom is 0.404 e. The van der Waals surface area contributed by atoms with Crippen LogP contribution in [0.5, 0.6) is 0 Å². The van der Waals surface area contributed by atoms with Crippen molar-refractivity contribution in [1.29, 1.82) is 5.26 Å². The number of nitrogens with one attached hydrogen (secondary N) is 1. The molecule has 17 heavy (non-hydrogen) atoms. The van der Waals surface area contributed by atoms with Gasteiger partial charge in [0.1, 0.15) is 10.7 Å². The lowest BCUT2D eigenvalue weighted by molar-refractivity contribution is 0.176. The van der Waals surface area contributed by atoms with E-state index in [0.29, 0.717) is 25.7 Å². The maximum atomic E-state index is 10.6. The average Bonchev–Trinajstić information content (AvgIpc) is 2.28. The van der Waals surface area contributed by atoms with Gasteiger partial charge in [-0.25, -0.2) is 13.2 Å². The summed E-state index contributed by atoms with van der Waals surface area (Å²) in [4.78, 5) is 10.4. The van der Waals surface area contributed by atoms with E-state index < -0.39 is 22.2 Å². The monoisotopic (exact) mass is 260 g/mol. The van der Waals surface area contributed by atoms with Gasteiger partial charge in [0.05, 0.1) is 17.2 Å². The van der Waals surface area contributed by atoms with Crippen LogP contribution in [0.4, 0.5) is 4.79 Å². The Labute approximate surface area is 102 Å². The van der Waals surface area contributed by atoms with Gasteiger partial charge < -0.3 is 10.4 Å². The van der Waals surface area contributed by atoms with Gasteiger partial charge in [0.15, 0.2) is 0 Å². The van der Waals surface area contributed by atoms with Crippen molar-refractivity contribution in [2.75, 3.05) is 12.3 Å². The molecule has 96 valence electrons. The molecule has 1 aliphatic rings. The molecule has 0 unspecified atom stereocenters. The van der Waals surface area contributed by atoms with Crippen LogP contribution in [0.25, 0.3) is 0 Å². The molecule has 6 nitrogen and oxygen atoms in total. The van der Waals surface area contributed by atoms with Crippen molar-refractivity contribution >= 4 is 16.8 Å². The summed E-state index contributed by atoms with van der Waals surface area (Å²) in [6.07, 6.45) is 1.30. The van der Waals surface area contributed by atoms with Crippen LogP contribution in [0.15, 0.2) is 0 Å². The smallest absolute Gasteiger partial charge is 0.404 e. The molecule has 0 spiro atoms. The van der Waals surface area contributed by atoms with Gasteiger partial charge in [0.25, 0.3) is 0 Å². The molecule has 0 aromatic carbocycles. The van der Waals surface area contributed by atoms with Crippen molar-refractivity contribution in [3.63, 3.8) is 0 Å². The van der Waals surface area contributed by atoms with Gasteiger partial charge in [-0.1, -0.05) is 0 Å². The minimum Gasteiger partial charge on any atom is -0.465 e. The fourth-order valence-corrected chi connectivity index (χ4v) is 2.98. The molecule has 0 radical (unpaired) electrons. The summed E-state index contributed by atoms with van der Waals surface area (Å²) in [6, 6.07) is 2.17. The molecule has 0 saturated heterocycles. The third kappa shape index (κ3) is 4.23. The van der Waals surface area contributed by atoms with Crippen LogP contribution in [0, 0.1) is 22.7 Å². The Kier molecular flexibility index (Phi) is 4.75. The van der Waals surface area contributed by atoms with E-state index in [2.05, 4.69) is 11.4 Å². The van der Waals surface area contributed by atoms with Crippen LogP contribution < -0.4 is 5.32 Å². The van der Waals surface area contributed by atoms with E-state index in [-0.39, 0.29) is 18.2 Å². The molecule has 0 aliphatic heterocycles. The zero-order valence-corrected chi connectivity index (χ0v) is 10.3. The summed E-state index contributed by atoms with van der Waals surface area (Å²) in [5.74, 6) is 0.283. The van der Waals surface area contributed by atoms with Crippen LogP contribution in [0.2, 0.25) is 0 Å². The molecule has 0 bridgehead atoms. The lowest BCUT2D eigenvalue weighted by atomic mass is 9.72. The van der Waals surface area contributed by atoms with E-state index in [4.69, 9.17) is 10.4 Å². The van der Waals surface area contributed by atoms with Gasteiger partial charge in [0, 0.05) is 6.54 Å². The zero-order valence-electron chi connectivity index (χ0n) is 9.39. The number of hydrogen-bond acceptors (Lipinski definition) is 4. The van der Waals surface area contributed by atoms with Gasteiger partial charge in [-0.05, 0) is 31.6 Å². The van der Waals surface area contributed by atoms with E-state index in [1.807, 2.05) is 0 Å². The number of rotatable bonds is 4. The number of amides is 1. The predicted molar refractivity (Wildman–Crippen MR) is 61.2 cm³/mol. The molecule has 0 heterocycles. The Balaban J connectivity index is 2.51. The fourth-order valence-electron chi connectivity index (χ4n) is 2.20. The Hall–Kier alpha value is -1.29. The fraction of sp³-hybridized carbons (Fsp3) is 0.800. The lowest BCUT2D eigenvalue weighted by Crippen LogP contribution is -2.39. The van der Waals surface area contributed by atoms with Gasteiger partial charge in [-0.3, -0.25) is 0 Å². The van der Waals surface area contributed by atoms with Gasteiger partial charge in [0.2, 0.25) is 0 Å². The zero-order chi connectivity index (χ0) is 12.9. The molecule has 1 saturated carbocycles. The lowest BCUT2D eigenvalue weighted by Gasteiger charge is -2.34. The van der Waals surface area contributed by atoms with E-state index in [0.717, 1.165) is 0 Å². The minimum absolute atomic E-state index is 0.113. The van der Waals surface area contributed by atoms with E-state index in [9.17, 15) is 13.2 Å². The maximum absolute atomic E-state index is 10.6. The van der Waals surface area contributed by atoms with Crippen molar-refractivity contribution in [3.8, 4) is 6.07 Å². The average molecular weight is 260 g/mol. The first kappa shape index (κ1) is 13.8. The second-order valence-electron chi connectivity index (χ2n) is 4.51. The first-order chi connectivity index (χ1) is 7.97. The standard InChI is InChI=1S/C10H16N2O4S/c11-6-10(7-12-9(13)14)3-1-8(2-4-10)5-17(15)16/h8,12,17H,1-5,7H2,(H,13,14). The quantitative estimate of drug-likeness (QED) is 0.640. The Morgan fingerprint density at radius 3 is 2.47 bits per heavy atom. The Bertz CT molecular complexity index is 384. The highest BCUT2D eigenvalue weighted by Crippen LogP contribution is 2.38. The topological polar surface area (TPSA) is 107 Å². The van der Waals surface area contributed by atoms with E-state index >= 15 is 0 Å². The number of hydrogen-bond donors (Lipinski definition) is 3. The van der Waals surface area contributed by atoms with Gasteiger partial charge in [-0.2, -0.15) is 5.26 Å². The number of thiol groups is 1. The molecule has 1 aliphatic carbocycles. The molecule has 1 fully saturated rings. The SMILES string of the molecule is N#CC1(CNC(=O)O)CCC(C[SH](=O)=O)CC1.